The molecule has 0 saturated carbocycles. The molecule has 7 heteroatoms. The molecule has 0 spiro atoms. The molecule has 2 amide bonds. The average Bonchev–Trinajstić information content (AvgIpc) is 2.79. The van der Waals surface area contributed by atoms with Gasteiger partial charge in [0.1, 0.15) is 11.9 Å². The Morgan fingerprint density at radius 2 is 1.87 bits per heavy atom. The number of anilines is 2. The van der Waals surface area contributed by atoms with Gasteiger partial charge in [-0.05, 0) is 29.2 Å². The molecule has 1 N–H and O–H groups in total. The Bertz CT molecular complexity index is 923. The van der Waals surface area contributed by atoms with Crippen molar-refractivity contribution < 1.29 is 14.3 Å². The Morgan fingerprint density at radius 1 is 1.13 bits per heavy atom. The van der Waals surface area contributed by atoms with Gasteiger partial charge in [0.15, 0.2) is 0 Å². The Kier molecular flexibility index (Phi) is 6.51. The number of hydrogen-bond donors (Lipinski definition) is 1. The van der Waals surface area contributed by atoms with E-state index in [4.69, 9.17) is 4.74 Å². The van der Waals surface area contributed by atoms with Crippen molar-refractivity contribution in [1.29, 1.82) is 0 Å². The van der Waals surface area contributed by atoms with E-state index in [1.165, 1.54) is 0 Å². The number of fused-ring (bicyclic) bond motifs is 1. The minimum atomic E-state index is -0.540. The maximum absolute atomic E-state index is 13.2. The molecule has 1 saturated heterocycles. The number of carbonyl (C=O) groups is 2. The Hall–Kier alpha value is -2.93. The van der Waals surface area contributed by atoms with Crippen LogP contribution >= 0.6 is 0 Å². The molecule has 164 valence electrons. The van der Waals surface area contributed by atoms with Crippen LogP contribution in [0.4, 0.5) is 11.5 Å². The molecule has 0 aliphatic carbocycles. The lowest BCUT2D eigenvalue weighted by molar-refractivity contribution is -0.140. The zero-order chi connectivity index (χ0) is 21.8. The predicted octanol–water partition coefficient (Wildman–Crippen LogP) is 2.86. The summed E-state index contributed by atoms with van der Waals surface area (Å²) >= 11 is 0. The second-order valence-electron chi connectivity index (χ2n) is 8.60. The molecule has 2 aliphatic rings. The highest BCUT2D eigenvalue weighted by Gasteiger charge is 2.34. The third-order valence-electron chi connectivity index (χ3n) is 5.83. The largest absolute Gasteiger partial charge is 0.378 e. The van der Waals surface area contributed by atoms with Crippen LogP contribution in [-0.2, 0) is 27.3 Å². The molecular formula is C24H30N4O3. The molecule has 1 aromatic heterocycles. The molecule has 3 heterocycles. The quantitative estimate of drug-likeness (QED) is 0.802. The van der Waals surface area contributed by atoms with Crippen molar-refractivity contribution in [3.05, 3.63) is 53.7 Å². The van der Waals surface area contributed by atoms with Crippen LogP contribution in [0, 0.1) is 5.92 Å². The first-order valence-corrected chi connectivity index (χ1v) is 11.0. The first-order valence-electron chi connectivity index (χ1n) is 11.0. The molecule has 1 unspecified atom stereocenters. The molecule has 7 nitrogen and oxygen atoms in total. The number of ether oxygens (including phenoxy) is 1. The van der Waals surface area contributed by atoms with Crippen LogP contribution in [0.25, 0.3) is 0 Å². The summed E-state index contributed by atoms with van der Waals surface area (Å²) in [5, 5.41) is 2.92. The molecule has 31 heavy (non-hydrogen) atoms. The van der Waals surface area contributed by atoms with Crippen LogP contribution in [0.1, 0.15) is 31.4 Å². The van der Waals surface area contributed by atoms with Gasteiger partial charge in [-0.2, -0.15) is 0 Å². The van der Waals surface area contributed by atoms with Gasteiger partial charge in [0.05, 0.1) is 25.1 Å². The SMILES string of the molecule is CC(C)CC(=O)N1Cc2ccccc2CC1C(=O)Nc1ccc(N2CCOCC2)cn1. The van der Waals surface area contributed by atoms with E-state index in [0.29, 0.717) is 38.4 Å². The Morgan fingerprint density at radius 3 is 2.55 bits per heavy atom. The summed E-state index contributed by atoms with van der Waals surface area (Å²) in [6, 6.07) is 11.3. The van der Waals surface area contributed by atoms with Gasteiger partial charge in [0.25, 0.3) is 0 Å². The fourth-order valence-corrected chi connectivity index (χ4v) is 4.16. The van der Waals surface area contributed by atoms with Crippen LogP contribution < -0.4 is 10.2 Å². The number of aromatic nitrogens is 1. The van der Waals surface area contributed by atoms with Gasteiger partial charge in [-0.3, -0.25) is 9.59 Å². The zero-order valence-electron chi connectivity index (χ0n) is 18.2. The first-order chi connectivity index (χ1) is 15.0. The fraction of sp³-hybridized carbons (Fsp3) is 0.458. The van der Waals surface area contributed by atoms with Crippen molar-refractivity contribution in [2.24, 2.45) is 5.92 Å². The number of hydrogen-bond acceptors (Lipinski definition) is 5. The normalized spacial score (nSPS) is 18.6. The maximum Gasteiger partial charge on any atom is 0.248 e. The van der Waals surface area contributed by atoms with Crippen molar-refractivity contribution in [3.8, 4) is 0 Å². The molecule has 4 rings (SSSR count). The van der Waals surface area contributed by atoms with Crippen molar-refractivity contribution >= 4 is 23.3 Å². The third-order valence-corrected chi connectivity index (χ3v) is 5.83. The van der Waals surface area contributed by atoms with E-state index < -0.39 is 6.04 Å². The van der Waals surface area contributed by atoms with Crippen molar-refractivity contribution in [2.45, 2.75) is 39.3 Å². The molecule has 0 radical (unpaired) electrons. The van der Waals surface area contributed by atoms with Crippen molar-refractivity contribution in [2.75, 3.05) is 36.5 Å². The molecule has 1 atom stereocenters. The number of benzene rings is 1. The molecule has 1 fully saturated rings. The van der Waals surface area contributed by atoms with E-state index in [-0.39, 0.29) is 17.7 Å². The van der Waals surface area contributed by atoms with E-state index in [0.717, 1.165) is 29.9 Å². The first kappa shape index (κ1) is 21.3. The van der Waals surface area contributed by atoms with Gasteiger partial charge in [-0.1, -0.05) is 38.1 Å². The third kappa shape index (κ3) is 5.05. The average molecular weight is 423 g/mol. The highest BCUT2D eigenvalue weighted by Crippen LogP contribution is 2.26. The number of carbonyl (C=O) groups excluding carboxylic acids is 2. The monoisotopic (exact) mass is 422 g/mol. The van der Waals surface area contributed by atoms with E-state index in [1.807, 2.05) is 50.2 Å². The number of nitrogens with zero attached hydrogens (tertiary/aromatic N) is 3. The lowest BCUT2D eigenvalue weighted by atomic mass is 9.92. The van der Waals surface area contributed by atoms with E-state index in [1.54, 1.807) is 11.1 Å². The second kappa shape index (κ2) is 9.47. The Balaban J connectivity index is 1.49. The van der Waals surface area contributed by atoms with Crippen LogP contribution in [0.3, 0.4) is 0 Å². The van der Waals surface area contributed by atoms with E-state index in [9.17, 15) is 9.59 Å². The minimum Gasteiger partial charge on any atom is -0.378 e. The second-order valence-corrected chi connectivity index (χ2v) is 8.60. The van der Waals surface area contributed by atoms with Crippen LogP contribution in [0.15, 0.2) is 42.6 Å². The molecule has 2 aliphatic heterocycles. The lowest BCUT2D eigenvalue weighted by Crippen LogP contribution is -2.50. The smallest absolute Gasteiger partial charge is 0.248 e. The zero-order valence-corrected chi connectivity index (χ0v) is 18.2. The minimum absolute atomic E-state index is 0.0141. The highest BCUT2D eigenvalue weighted by atomic mass is 16.5. The van der Waals surface area contributed by atoms with Crippen LogP contribution in [-0.4, -0.2) is 54.0 Å². The highest BCUT2D eigenvalue weighted by molar-refractivity contribution is 5.97. The van der Waals surface area contributed by atoms with Gasteiger partial charge in [0, 0.05) is 32.5 Å². The maximum atomic E-state index is 13.2. The molecule has 0 bridgehead atoms. The van der Waals surface area contributed by atoms with Gasteiger partial charge in [0.2, 0.25) is 11.8 Å². The van der Waals surface area contributed by atoms with Gasteiger partial charge < -0.3 is 19.9 Å². The summed E-state index contributed by atoms with van der Waals surface area (Å²) in [4.78, 5) is 34.5. The van der Waals surface area contributed by atoms with Gasteiger partial charge >= 0.3 is 0 Å². The number of morpholine rings is 1. The summed E-state index contributed by atoms with van der Waals surface area (Å²) < 4.78 is 5.39. The summed E-state index contributed by atoms with van der Waals surface area (Å²) in [5.41, 5.74) is 3.24. The number of nitrogens with one attached hydrogen (secondary N) is 1. The lowest BCUT2D eigenvalue weighted by Gasteiger charge is -2.36. The summed E-state index contributed by atoms with van der Waals surface area (Å²) in [7, 11) is 0. The molecule has 2 aromatic rings. The number of rotatable bonds is 5. The predicted molar refractivity (Wildman–Crippen MR) is 120 cm³/mol. The summed E-state index contributed by atoms with van der Waals surface area (Å²) in [6.45, 7) is 7.59. The van der Waals surface area contributed by atoms with Gasteiger partial charge in [-0.25, -0.2) is 4.98 Å². The number of amides is 2. The topological polar surface area (TPSA) is 74.8 Å². The number of pyridine rings is 1. The summed E-state index contributed by atoms with van der Waals surface area (Å²) in [5.74, 6) is 0.554. The van der Waals surface area contributed by atoms with Crippen molar-refractivity contribution in [3.63, 3.8) is 0 Å². The van der Waals surface area contributed by atoms with Gasteiger partial charge in [-0.15, -0.1) is 0 Å². The standard InChI is InChI=1S/C24H30N4O3/c1-17(2)13-23(29)28-16-19-6-4-3-5-18(19)14-21(28)24(30)26-22-8-7-20(15-25-22)27-9-11-31-12-10-27/h3-8,15,17,21H,9-14,16H2,1-2H3,(H,25,26,30). The summed E-state index contributed by atoms with van der Waals surface area (Å²) in [6.07, 6.45) is 2.72. The van der Waals surface area contributed by atoms with E-state index in [2.05, 4.69) is 15.2 Å². The van der Waals surface area contributed by atoms with E-state index >= 15 is 0 Å². The van der Waals surface area contributed by atoms with Crippen LogP contribution in [0.2, 0.25) is 0 Å². The fourth-order valence-electron chi connectivity index (χ4n) is 4.16. The van der Waals surface area contributed by atoms with Crippen molar-refractivity contribution in [1.82, 2.24) is 9.88 Å². The van der Waals surface area contributed by atoms with Crippen LogP contribution in [0.5, 0.6) is 0 Å². The Labute approximate surface area is 183 Å². The molecular weight excluding hydrogens is 392 g/mol. The molecule has 1 aromatic carbocycles.